The second-order valence-electron chi connectivity index (χ2n) is 8.40. The third-order valence-corrected chi connectivity index (χ3v) is 8.18. The third-order valence-electron chi connectivity index (χ3n) is 6.13. The van der Waals surface area contributed by atoms with Gasteiger partial charge in [-0.2, -0.15) is 4.31 Å². The maximum absolute atomic E-state index is 13.0. The molecule has 0 unspecified atom stereocenters. The Labute approximate surface area is 200 Å². The summed E-state index contributed by atoms with van der Waals surface area (Å²) in [5, 5.41) is 8.19. The summed E-state index contributed by atoms with van der Waals surface area (Å²) in [5.74, 6) is 0.810. The minimum absolute atomic E-state index is 0.0459. The molecule has 180 valence electrons. The number of hydrogen-bond donors (Lipinski definition) is 0. The molecule has 0 spiro atoms. The fourth-order valence-electron chi connectivity index (χ4n) is 4.22. The van der Waals surface area contributed by atoms with Gasteiger partial charge in [0.25, 0.3) is 0 Å². The number of hydrogen-bond acceptors (Lipinski definition) is 6. The van der Waals surface area contributed by atoms with Gasteiger partial charge in [-0.3, -0.25) is 4.79 Å². The number of carbonyl (C=O) groups excluding carboxylic acids is 1. The molecule has 0 radical (unpaired) electrons. The number of fused-ring (bicyclic) bond motifs is 1. The zero-order valence-corrected chi connectivity index (χ0v) is 20.6. The van der Waals surface area contributed by atoms with Gasteiger partial charge in [0, 0.05) is 43.7 Å². The van der Waals surface area contributed by atoms with Gasteiger partial charge >= 0.3 is 0 Å². The van der Waals surface area contributed by atoms with Crippen LogP contribution in [-0.4, -0.2) is 48.5 Å². The Morgan fingerprint density at radius 1 is 1.09 bits per heavy atom. The summed E-state index contributed by atoms with van der Waals surface area (Å²) < 4.78 is 33.0. The molecular formula is C25H30N4O4S. The largest absolute Gasteiger partial charge is 0.421 e. The first-order valence-electron chi connectivity index (χ1n) is 11.7. The molecule has 4 rings (SSSR count). The monoisotopic (exact) mass is 482 g/mol. The predicted octanol–water partition coefficient (Wildman–Crippen LogP) is 3.99. The lowest BCUT2D eigenvalue weighted by molar-refractivity contribution is -0.118. The van der Waals surface area contributed by atoms with Crippen molar-refractivity contribution in [3.8, 4) is 11.5 Å². The van der Waals surface area contributed by atoms with E-state index in [2.05, 4.69) is 10.2 Å². The van der Waals surface area contributed by atoms with Gasteiger partial charge in [0.2, 0.25) is 27.7 Å². The Morgan fingerprint density at radius 2 is 1.82 bits per heavy atom. The maximum Gasteiger partial charge on any atom is 0.247 e. The molecule has 1 amide bonds. The number of benzene rings is 2. The average Bonchev–Trinajstić information content (AvgIpc) is 3.32. The fourth-order valence-corrected chi connectivity index (χ4v) is 5.73. The molecule has 8 nitrogen and oxygen atoms in total. The van der Waals surface area contributed by atoms with Crippen molar-refractivity contribution >= 4 is 21.6 Å². The van der Waals surface area contributed by atoms with Crippen molar-refractivity contribution in [3.63, 3.8) is 0 Å². The van der Waals surface area contributed by atoms with Crippen LogP contribution >= 0.6 is 0 Å². The van der Waals surface area contributed by atoms with Crippen molar-refractivity contribution in [3.05, 3.63) is 59.5 Å². The number of aromatic nitrogens is 2. The highest BCUT2D eigenvalue weighted by Gasteiger charge is 2.27. The van der Waals surface area contributed by atoms with Crippen LogP contribution in [0.2, 0.25) is 0 Å². The molecule has 0 atom stereocenters. The van der Waals surface area contributed by atoms with Gasteiger partial charge in [-0.05, 0) is 55.7 Å². The zero-order valence-electron chi connectivity index (χ0n) is 19.8. The highest BCUT2D eigenvalue weighted by atomic mass is 32.2. The van der Waals surface area contributed by atoms with Crippen LogP contribution in [0.1, 0.15) is 43.7 Å². The van der Waals surface area contributed by atoms with E-state index < -0.39 is 10.0 Å². The van der Waals surface area contributed by atoms with Crippen molar-refractivity contribution in [2.24, 2.45) is 0 Å². The van der Waals surface area contributed by atoms with Crippen molar-refractivity contribution in [1.29, 1.82) is 0 Å². The van der Waals surface area contributed by atoms with Crippen LogP contribution in [0.4, 0.5) is 5.69 Å². The number of nitrogens with zero attached hydrogens (tertiary/aromatic N) is 4. The SMILES string of the molecule is CCN(CC)S(=O)(=O)c1ccc2c(c1)CCCN2C(=O)CCc1nnc(-c2ccc(C)cc2)o1. The van der Waals surface area contributed by atoms with E-state index in [1.165, 1.54) is 4.31 Å². The van der Waals surface area contributed by atoms with Gasteiger partial charge < -0.3 is 9.32 Å². The first-order valence-corrected chi connectivity index (χ1v) is 13.1. The molecule has 0 saturated heterocycles. The first kappa shape index (κ1) is 24.1. The molecule has 1 aliphatic rings. The molecule has 2 heterocycles. The van der Waals surface area contributed by atoms with E-state index in [0.29, 0.717) is 37.8 Å². The minimum atomic E-state index is -3.54. The predicted molar refractivity (Wildman–Crippen MR) is 130 cm³/mol. The molecule has 3 aromatic rings. The first-order chi connectivity index (χ1) is 16.3. The van der Waals surface area contributed by atoms with E-state index in [4.69, 9.17) is 4.42 Å². The summed E-state index contributed by atoms with van der Waals surface area (Å²) >= 11 is 0. The van der Waals surface area contributed by atoms with Gasteiger partial charge in [0.05, 0.1) is 4.90 Å². The second kappa shape index (κ2) is 10.1. The number of sulfonamides is 1. The lowest BCUT2D eigenvalue weighted by Gasteiger charge is -2.30. The lowest BCUT2D eigenvalue weighted by Crippen LogP contribution is -2.36. The van der Waals surface area contributed by atoms with E-state index in [1.54, 1.807) is 23.1 Å². The molecule has 0 aliphatic carbocycles. The van der Waals surface area contributed by atoms with Crippen LogP contribution in [0.25, 0.3) is 11.5 Å². The van der Waals surface area contributed by atoms with Gasteiger partial charge in [-0.25, -0.2) is 8.42 Å². The Hall–Kier alpha value is -3.04. The maximum atomic E-state index is 13.0. The van der Waals surface area contributed by atoms with E-state index in [-0.39, 0.29) is 17.2 Å². The topological polar surface area (TPSA) is 96.6 Å². The Bertz CT molecular complexity index is 1260. The summed E-state index contributed by atoms with van der Waals surface area (Å²) in [6.45, 7) is 7.11. The lowest BCUT2D eigenvalue weighted by atomic mass is 10.0. The van der Waals surface area contributed by atoms with E-state index in [1.807, 2.05) is 45.0 Å². The van der Waals surface area contributed by atoms with Gasteiger partial charge in [-0.15, -0.1) is 10.2 Å². The summed E-state index contributed by atoms with van der Waals surface area (Å²) in [7, 11) is -3.54. The Kier molecular flexibility index (Phi) is 7.13. The Balaban J connectivity index is 1.46. The molecule has 2 aromatic carbocycles. The molecule has 0 bridgehead atoms. The number of carbonyl (C=O) groups is 1. The molecule has 1 aromatic heterocycles. The quantitative estimate of drug-likeness (QED) is 0.482. The summed E-state index contributed by atoms with van der Waals surface area (Å²) in [5.41, 5.74) is 3.65. The average molecular weight is 483 g/mol. The van der Waals surface area contributed by atoms with Crippen LogP contribution < -0.4 is 4.90 Å². The van der Waals surface area contributed by atoms with Crippen molar-refractivity contribution in [1.82, 2.24) is 14.5 Å². The van der Waals surface area contributed by atoms with Crippen LogP contribution in [0.5, 0.6) is 0 Å². The van der Waals surface area contributed by atoms with Crippen LogP contribution in [-0.2, 0) is 27.7 Å². The number of aryl methyl sites for hydroxylation is 3. The number of rotatable bonds is 8. The smallest absolute Gasteiger partial charge is 0.247 e. The van der Waals surface area contributed by atoms with Crippen molar-refractivity contribution in [2.75, 3.05) is 24.5 Å². The summed E-state index contributed by atoms with van der Waals surface area (Å²) in [4.78, 5) is 15.1. The fraction of sp³-hybridized carbons (Fsp3) is 0.400. The van der Waals surface area contributed by atoms with Crippen LogP contribution in [0.3, 0.4) is 0 Å². The van der Waals surface area contributed by atoms with Crippen molar-refractivity contribution < 1.29 is 17.6 Å². The molecule has 0 fully saturated rings. The van der Waals surface area contributed by atoms with Gasteiger partial charge in [-0.1, -0.05) is 31.5 Å². The molecule has 34 heavy (non-hydrogen) atoms. The summed E-state index contributed by atoms with van der Waals surface area (Å²) in [6, 6.07) is 12.9. The van der Waals surface area contributed by atoms with Crippen LogP contribution in [0, 0.1) is 6.92 Å². The minimum Gasteiger partial charge on any atom is -0.421 e. The third kappa shape index (κ3) is 4.90. The van der Waals surface area contributed by atoms with E-state index in [0.717, 1.165) is 35.2 Å². The molecule has 0 N–H and O–H groups in total. The van der Waals surface area contributed by atoms with Crippen LogP contribution in [0.15, 0.2) is 51.8 Å². The number of anilines is 1. The normalized spacial score (nSPS) is 13.8. The molecule has 0 saturated carbocycles. The molecular weight excluding hydrogens is 452 g/mol. The van der Waals surface area contributed by atoms with E-state index >= 15 is 0 Å². The van der Waals surface area contributed by atoms with Gasteiger partial charge in [0.1, 0.15) is 0 Å². The number of amides is 1. The Morgan fingerprint density at radius 3 is 2.53 bits per heavy atom. The molecule has 9 heteroatoms. The van der Waals surface area contributed by atoms with E-state index in [9.17, 15) is 13.2 Å². The molecule has 1 aliphatic heterocycles. The zero-order chi connectivity index (χ0) is 24.3. The highest BCUT2D eigenvalue weighted by Crippen LogP contribution is 2.31. The highest BCUT2D eigenvalue weighted by molar-refractivity contribution is 7.89. The standard InChI is InChI=1S/C25H30N4O4S/c1-4-28(5-2)34(31,32)21-12-13-22-20(17-21)7-6-16-29(22)24(30)15-14-23-26-27-25(33-23)19-10-8-18(3)9-11-19/h8-13,17H,4-7,14-16H2,1-3H3. The van der Waals surface area contributed by atoms with Gasteiger partial charge in [0.15, 0.2) is 0 Å². The summed E-state index contributed by atoms with van der Waals surface area (Å²) in [6.07, 6.45) is 2.10. The second-order valence-corrected chi connectivity index (χ2v) is 10.3. The van der Waals surface area contributed by atoms with Crippen molar-refractivity contribution in [2.45, 2.75) is 51.3 Å².